The van der Waals surface area contributed by atoms with E-state index >= 15 is 0 Å². The fourth-order valence-corrected chi connectivity index (χ4v) is 2.69. The predicted octanol–water partition coefficient (Wildman–Crippen LogP) is 2.25. The first-order valence-electron chi connectivity index (χ1n) is 6.84. The molecule has 19 heavy (non-hydrogen) atoms. The standard InChI is InChI=1S/C15H23N3O/c1-10(2)8-12(16)15(9-19)18-11(3)17-13-6-4-5-7-14(13)18/h4-7,10,12,15,19H,8-9,16H2,1-3H3. The van der Waals surface area contributed by atoms with Gasteiger partial charge in [-0.2, -0.15) is 0 Å². The zero-order chi connectivity index (χ0) is 14.0. The molecule has 1 aromatic heterocycles. The minimum absolute atomic E-state index is 0.0368. The van der Waals surface area contributed by atoms with Crippen LogP contribution in [0.15, 0.2) is 24.3 Å². The number of aliphatic hydroxyl groups is 1. The van der Waals surface area contributed by atoms with Crippen LogP contribution in [0, 0.1) is 12.8 Å². The molecular formula is C15H23N3O. The average molecular weight is 261 g/mol. The van der Waals surface area contributed by atoms with Gasteiger partial charge in [-0.25, -0.2) is 4.98 Å². The van der Waals surface area contributed by atoms with E-state index in [0.717, 1.165) is 23.3 Å². The molecule has 1 aromatic carbocycles. The Morgan fingerprint density at radius 1 is 1.32 bits per heavy atom. The molecule has 4 nitrogen and oxygen atoms in total. The van der Waals surface area contributed by atoms with E-state index in [1.54, 1.807) is 0 Å². The molecule has 0 aliphatic rings. The Kier molecular flexibility index (Phi) is 4.22. The van der Waals surface area contributed by atoms with Gasteiger partial charge in [-0.05, 0) is 31.4 Å². The highest BCUT2D eigenvalue weighted by atomic mass is 16.3. The Hall–Kier alpha value is -1.39. The van der Waals surface area contributed by atoms with Crippen molar-refractivity contribution in [3.8, 4) is 0 Å². The number of aromatic nitrogens is 2. The maximum atomic E-state index is 9.74. The highest BCUT2D eigenvalue weighted by molar-refractivity contribution is 5.76. The van der Waals surface area contributed by atoms with Gasteiger partial charge in [0.15, 0.2) is 0 Å². The molecule has 0 fully saturated rings. The molecule has 2 unspecified atom stereocenters. The zero-order valence-electron chi connectivity index (χ0n) is 11.9. The first-order valence-corrected chi connectivity index (χ1v) is 6.84. The lowest BCUT2D eigenvalue weighted by molar-refractivity contribution is 0.198. The Bertz CT molecular complexity index is 547. The summed E-state index contributed by atoms with van der Waals surface area (Å²) in [7, 11) is 0. The van der Waals surface area contributed by atoms with Crippen molar-refractivity contribution in [3.63, 3.8) is 0 Å². The Morgan fingerprint density at radius 2 is 2.00 bits per heavy atom. The van der Waals surface area contributed by atoms with Gasteiger partial charge in [-0.3, -0.25) is 0 Å². The second-order valence-corrected chi connectivity index (χ2v) is 5.56. The van der Waals surface area contributed by atoms with Gasteiger partial charge in [0, 0.05) is 6.04 Å². The summed E-state index contributed by atoms with van der Waals surface area (Å²) in [6.07, 6.45) is 0.886. The van der Waals surface area contributed by atoms with Crippen molar-refractivity contribution in [1.29, 1.82) is 0 Å². The van der Waals surface area contributed by atoms with Crippen LogP contribution in [-0.4, -0.2) is 27.3 Å². The largest absolute Gasteiger partial charge is 0.394 e. The van der Waals surface area contributed by atoms with Crippen molar-refractivity contribution < 1.29 is 5.11 Å². The fourth-order valence-electron chi connectivity index (χ4n) is 2.69. The summed E-state index contributed by atoms with van der Waals surface area (Å²) in [5.74, 6) is 1.42. The van der Waals surface area contributed by atoms with Crippen molar-refractivity contribution in [2.75, 3.05) is 6.61 Å². The van der Waals surface area contributed by atoms with E-state index in [9.17, 15) is 5.11 Å². The minimum Gasteiger partial charge on any atom is -0.394 e. The molecule has 3 N–H and O–H groups in total. The summed E-state index contributed by atoms with van der Waals surface area (Å²) in [4.78, 5) is 4.54. The van der Waals surface area contributed by atoms with Crippen LogP contribution in [0.1, 0.15) is 32.1 Å². The number of hydrogen-bond acceptors (Lipinski definition) is 3. The van der Waals surface area contributed by atoms with Crippen LogP contribution in [-0.2, 0) is 0 Å². The van der Waals surface area contributed by atoms with E-state index in [0.29, 0.717) is 5.92 Å². The van der Waals surface area contributed by atoms with Crippen LogP contribution < -0.4 is 5.73 Å². The fraction of sp³-hybridized carbons (Fsp3) is 0.533. The van der Waals surface area contributed by atoms with Gasteiger partial charge in [0.25, 0.3) is 0 Å². The van der Waals surface area contributed by atoms with Gasteiger partial charge in [0.2, 0.25) is 0 Å². The zero-order valence-corrected chi connectivity index (χ0v) is 11.9. The Morgan fingerprint density at radius 3 is 2.63 bits per heavy atom. The molecular weight excluding hydrogens is 238 g/mol. The topological polar surface area (TPSA) is 64.1 Å². The van der Waals surface area contributed by atoms with Crippen molar-refractivity contribution in [2.24, 2.45) is 11.7 Å². The first-order chi connectivity index (χ1) is 9.04. The molecule has 4 heteroatoms. The van der Waals surface area contributed by atoms with E-state index in [1.165, 1.54) is 0 Å². The quantitative estimate of drug-likeness (QED) is 0.867. The van der Waals surface area contributed by atoms with Gasteiger partial charge < -0.3 is 15.4 Å². The van der Waals surface area contributed by atoms with Crippen LogP contribution in [0.25, 0.3) is 11.0 Å². The Balaban J connectivity index is 2.43. The van der Waals surface area contributed by atoms with Crippen LogP contribution >= 0.6 is 0 Å². The summed E-state index contributed by atoms with van der Waals surface area (Å²) in [5.41, 5.74) is 8.27. The van der Waals surface area contributed by atoms with E-state index in [4.69, 9.17) is 5.73 Å². The van der Waals surface area contributed by atoms with E-state index in [1.807, 2.05) is 31.2 Å². The average Bonchev–Trinajstić information content (AvgIpc) is 2.66. The van der Waals surface area contributed by atoms with Gasteiger partial charge in [-0.15, -0.1) is 0 Å². The van der Waals surface area contributed by atoms with E-state index in [2.05, 4.69) is 23.4 Å². The second-order valence-electron chi connectivity index (χ2n) is 5.56. The summed E-state index contributed by atoms with van der Waals surface area (Å²) < 4.78 is 2.07. The lowest BCUT2D eigenvalue weighted by atomic mass is 9.98. The monoisotopic (exact) mass is 261 g/mol. The molecule has 0 amide bonds. The number of imidazole rings is 1. The van der Waals surface area contributed by atoms with Crippen LogP contribution in [0.2, 0.25) is 0 Å². The maximum Gasteiger partial charge on any atom is 0.107 e. The molecule has 0 saturated carbocycles. The molecule has 0 aliphatic heterocycles. The normalized spacial score (nSPS) is 15.1. The lowest BCUT2D eigenvalue weighted by Gasteiger charge is -2.26. The van der Waals surface area contributed by atoms with E-state index < -0.39 is 0 Å². The summed E-state index contributed by atoms with van der Waals surface area (Å²) in [6.45, 7) is 6.29. The number of benzene rings is 1. The first kappa shape index (κ1) is 14.0. The third kappa shape index (κ3) is 2.80. The molecule has 1 heterocycles. The third-order valence-electron chi connectivity index (χ3n) is 3.53. The van der Waals surface area contributed by atoms with Crippen LogP contribution in [0.5, 0.6) is 0 Å². The number of nitrogens with two attached hydrogens (primary N) is 1. The number of para-hydroxylation sites is 2. The second kappa shape index (κ2) is 5.72. The number of rotatable bonds is 5. The summed E-state index contributed by atoms with van der Waals surface area (Å²) in [6, 6.07) is 7.79. The smallest absolute Gasteiger partial charge is 0.107 e. The van der Waals surface area contributed by atoms with Gasteiger partial charge in [0.1, 0.15) is 5.82 Å². The maximum absolute atomic E-state index is 9.74. The molecule has 2 atom stereocenters. The van der Waals surface area contributed by atoms with Gasteiger partial charge in [0.05, 0.1) is 23.7 Å². The van der Waals surface area contributed by atoms with Gasteiger partial charge >= 0.3 is 0 Å². The highest BCUT2D eigenvalue weighted by Crippen LogP contribution is 2.24. The molecule has 2 rings (SSSR count). The molecule has 0 bridgehead atoms. The van der Waals surface area contributed by atoms with Crippen molar-refractivity contribution in [1.82, 2.24) is 9.55 Å². The van der Waals surface area contributed by atoms with Crippen LogP contribution in [0.3, 0.4) is 0 Å². The number of fused-ring (bicyclic) bond motifs is 1. The predicted molar refractivity (Wildman–Crippen MR) is 78.0 cm³/mol. The molecule has 0 radical (unpaired) electrons. The van der Waals surface area contributed by atoms with Crippen molar-refractivity contribution in [3.05, 3.63) is 30.1 Å². The number of hydrogen-bond donors (Lipinski definition) is 2. The molecule has 0 spiro atoms. The molecule has 0 saturated heterocycles. The number of aliphatic hydroxyl groups excluding tert-OH is 1. The van der Waals surface area contributed by atoms with Crippen molar-refractivity contribution >= 4 is 11.0 Å². The highest BCUT2D eigenvalue weighted by Gasteiger charge is 2.23. The summed E-state index contributed by atoms with van der Waals surface area (Å²) >= 11 is 0. The summed E-state index contributed by atoms with van der Waals surface area (Å²) in [5, 5.41) is 9.74. The van der Waals surface area contributed by atoms with Gasteiger partial charge in [-0.1, -0.05) is 26.0 Å². The van der Waals surface area contributed by atoms with Crippen molar-refractivity contribution in [2.45, 2.75) is 39.3 Å². The lowest BCUT2D eigenvalue weighted by Crippen LogP contribution is -2.36. The molecule has 104 valence electrons. The third-order valence-corrected chi connectivity index (χ3v) is 3.53. The number of aryl methyl sites for hydroxylation is 1. The van der Waals surface area contributed by atoms with Crippen LogP contribution in [0.4, 0.5) is 0 Å². The molecule has 0 aliphatic carbocycles. The van der Waals surface area contributed by atoms with E-state index in [-0.39, 0.29) is 18.7 Å². The molecule has 2 aromatic rings. The SMILES string of the molecule is Cc1nc2ccccc2n1C(CO)C(N)CC(C)C. The minimum atomic E-state index is -0.116. The Labute approximate surface area is 114 Å². The number of nitrogens with zero attached hydrogens (tertiary/aromatic N) is 2.